The second-order valence-electron chi connectivity index (χ2n) is 5.68. The lowest BCUT2D eigenvalue weighted by molar-refractivity contribution is -0.134. The highest BCUT2D eigenvalue weighted by molar-refractivity contribution is 5.80. The zero-order valence-electron chi connectivity index (χ0n) is 11.3. The molecule has 1 aliphatic heterocycles. The first-order chi connectivity index (χ1) is 9.25. The van der Waals surface area contributed by atoms with Gasteiger partial charge in [0.25, 0.3) is 0 Å². The maximum atomic E-state index is 12.5. The van der Waals surface area contributed by atoms with Crippen molar-refractivity contribution in [2.75, 3.05) is 20.1 Å². The molecule has 4 nitrogen and oxygen atoms in total. The first-order valence-electron chi connectivity index (χ1n) is 7.04. The Morgan fingerprint density at radius 2 is 2.05 bits per heavy atom. The standard InChI is InChI=1S/C15H21N3O/c1-18(10-11-7-8-11)15(19)13-9-16-17-14(13)12-5-3-2-4-6-12/h2-6,11,13-14,16-17H,7-10H2,1H3. The van der Waals surface area contributed by atoms with Gasteiger partial charge in [-0.15, -0.1) is 0 Å². The number of nitrogens with zero attached hydrogens (tertiary/aromatic N) is 1. The summed E-state index contributed by atoms with van der Waals surface area (Å²) in [6.07, 6.45) is 2.56. The molecule has 19 heavy (non-hydrogen) atoms. The highest BCUT2D eigenvalue weighted by Crippen LogP contribution is 2.31. The van der Waals surface area contributed by atoms with Gasteiger partial charge in [-0.2, -0.15) is 0 Å². The van der Waals surface area contributed by atoms with Crippen molar-refractivity contribution in [3.05, 3.63) is 35.9 Å². The summed E-state index contributed by atoms with van der Waals surface area (Å²) in [5.41, 5.74) is 7.53. The fourth-order valence-corrected chi connectivity index (χ4v) is 2.76. The van der Waals surface area contributed by atoms with Crippen LogP contribution < -0.4 is 10.9 Å². The summed E-state index contributed by atoms with van der Waals surface area (Å²) in [5, 5.41) is 0. The van der Waals surface area contributed by atoms with Crippen molar-refractivity contribution in [3.8, 4) is 0 Å². The number of carbonyl (C=O) groups excluding carboxylic acids is 1. The molecular weight excluding hydrogens is 238 g/mol. The average Bonchev–Trinajstić information content (AvgIpc) is 3.12. The molecule has 2 atom stereocenters. The Morgan fingerprint density at radius 3 is 2.74 bits per heavy atom. The van der Waals surface area contributed by atoms with Crippen LogP contribution >= 0.6 is 0 Å². The Balaban J connectivity index is 1.70. The predicted octanol–water partition coefficient (Wildman–Crippen LogP) is 1.32. The lowest BCUT2D eigenvalue weighted by Crippen LogP contribution is -2.37. The topological polar surface area (TPSA) is 44.4 Å². The molecule has 2 N–H and O–H groups in total. The van der Waals surface area contributed by atoms with Gasteiger partial charge in [-0.1, -0.05) is 30.3 Å². The van der Waals surface area contributed by atoms with Crippen LogP contribution in [-0.4, -0.2) is 30.9 Å². The van der Waals surface area contributed by atoms with E-state index in [0.29, 0.717) is 6.54 Å². The lowest BCUT2D eigenvalue weighted by Gasteiger charge is -2.24. The van der Waals surface area contributed by atoms with Gasteiger partial charge in [0.2, 0.25) is 5.91 Å². The quantitative estimate of drug-likeness (QED) is 0.857. The Kier molecular flexibility index (Phi) is 3.53. The highest BCUT2D eigenvalue weighted by atomic mass is 16.2. The van der Waals surface area contributed by atoms with Crippen LogP contribution in [0.2, 0.25) is 0 Å². The normalized spacial score (nSPS) is 26.4. The number of hydrogen-bond acceptors (Lipinski definition) is 3. The van der Waals surface area contributed by atoms with E-state index in [1.54, 1.807) is 0 Å². The van der Waals surface area contributed by atoms with Gasteiger partial charge < -0.3 is 4.90 Å². The van der Waals surface area contributed by atoms with E-state index >= 15 is 0 Å². The van der Waals surface area contributed by atoms with Crippen LogP contribution in [0, 0.1) is 11.8 Å². The van der Waals surface area contributed by atoms with Crippen molar-refractivity contribution in [3.63, 3.8) is 0 Å². The maximum absolute atomic E-state index is 12.5. The number of rotatable bonds is 4. The zero-order valence-corrected chi connectivity index (χ0v) is 11.3. The van der Waals surface area contributed by atoms with E-state index < -0.39 is 0 Å². The molecule has 1 aromatic carbocycles. The van der Waals surface area contributed by atoms with Gasteiger partial charge in [0.1, 0.15) is 0 Å². The molecule has 1 aromatic rings. The second kappa shape index (κ2) is 5.31. The molecule has 1 amide bonds. The minimum atomic E-state index is -0.00819. The van der Waals surface area contributed by atoms with Crippen molar-refractivity contribution < 1.29 is 4.79 Å². The molecule has 0 bridgehead atoms. The zero-order chi connectivity index (χ0) is 13.2. The number of hydrogen-bond donors (Lipinski definition) is 2. The second-order valence-corrected chi connectivity index (χ2v) is 5.68. The van der Waals surface area contributed by atoms with Gasteiger partial charge in [-0.25, -0.2) is 5.43 Å². The van der Waals surface area contributed by atoms with E-state index in [2.05, 4.69) is 23.0 Å². The highest BCUT2D eigenvalue weighted by Gasteiger charge is 2.36. The van der Waals surface area contributed by atoms with E-state index in [4.69, 9.17) is 0 Å². The minimum absolute atomic E-state index is 0.00819. The third-order valence-electron chi connectivity index (χ3n) is 4.06. The molecule has 2 aliphatic rings. The lowest BCUT2D eigenvalue weighted by atomic mass is 9.94. The van der Waals surface area contributed by atoms with Crippen molar-refractivity contribution in [2.45, 2.75) is 18.9 Å². The summed E-state index contributed by atoms with van der Waals surface area (Å²) in [5.74, 6) is 0.982. The maximum Gasteiger partial charge on any atom is 0.228 e. The molecule has 3 rings (SSSR count). The van der Waals surface area contributed by atoms with Gasteiger partial charge in [-0.3, -0.25) is 10.2 Å². The Bertz CT molecular complexity index is 444. The fourth-order valence-electron chi connectivity index (χ4n) is 2.76. The number of amides is 1. The molecule has 1 heterocycles. The number of hydrazine groups is 1. The number of nitrogens with one attached hydrogen (secondary N) is 2. The molecule has 0 aromatic heterocycles. The third-order valence-corrected chi connectivity index (χ3v) is 4.06. The summed E-state index contributed by atoms with van der Waals surface area (Å²) in [6.45, 7) is 1.62. The molecule has 0 radical (unpaired) electrons. The van der Waals surface area contributed by atoms with E-state index in [-0.39, 0.29) is 17.9 Å². The predicted molar refractivity (Wildman–Crippen MR) is 74.2 cm³/mol. The van der Waals surface area contributed by atoms with E-state index in [1.165, 1.54) is 18.4 Å². The van der Waals surface area contributed by atoms with Crippen molar-refractivity contribution in [2.24, 2.45) is 11.8 Å². The van der Waals surface area contributed by atoms with Gasteiger partial charge in [-0.05, 0) is 24.3 Å². The van der Waals surface area contributed by atoms with Crippen LogP contribution in [0.1, 0.15) is 24.4 Å². The summed E-state index contributed by atoms with van der Waals surface area (Å²) in [6, 6.07) is 10.3. The van der Waals surface area contributed by atoms with Crippen LogP contribution in [0.4, 0.5) is 0 Å². The summed E-state index contributed by atoms with van der Waals surface area (Å²) >= 11 is 0. The summed E-state index contributed by atoms with van der Waals surface area (Å²) < 4.78 is 0. The van der Waals surface area contributed by atoms with Crippen molar-refractivity contribution in [1.29, 1.82) is 0 Å². The van der Waals surface area contributed by atoms with Crippen LogP contribution in [0.5, 0.6) is 0 Å². The molecule has 2 unspecified atom stereocenters. The summed E-state index contributed by atoms with van der Waals surface area (Å²) in [4.78, 5) is 14.4. The summed E-state index contributed by atoms with van der Waals surface area (Å²) in [7, 11) is 1.93. The largest absolute Gasteiger partial charge is 0.345 e. The van der Waals surface area contributed by atoms with Crippen molar-refractivity contribution in [1.82, 2.24) is 15.8 Å². The number of carbonyl (C=O) groups is 1. The first-order valence-corrected chi connectivity index (χ1v) is 7.04. The average molecular weight is 259 g/mol. The minimum Gasteiger partial charge on any atom is -0.345 e. The number of benzene rings is 1. The van der Waals surface area contributed by atoms with Crippen LogP contribution in [0.3, 0.4) is 0 Å². The monoisotopic (exact) mass is 259 g/mol. The molecule has 4 heteroatoms. The van der Waals surface area contributed by atoms with Gasteiger partial charge in [0.15, 0.2) is 0 Å². The van der Waals surface area contributed by atoms with E-state index in [0.717, 1.165) is 12.5 Å². The van der Waals surface area contributed by atoms with Gasteiger partial charge in [0.05, 0.1) is 12.0 Å². The molecule has 102 valence electrons. The van der Waals surface area contributed by atoms with Crippen LogP contribution in [0.15, 0.2) is 30.3 Å². The van der Waals surface area contributed by atoms with Gasteiger partial charge in [0, 0.05) is 20.1 Å². The molecular formula is C15H21N3O. The molecule has 1 aliphatic carbocycles. The Morgan fingerprint density at radius 1 is 1.32 bits per heavy atom. The molecule has 1 saturated heterocycles. The van der Waals surface area contributed by atoms with Crippen molar-refractivity contribution >= 4 is 5.91 Å². The Labute approximate surface area is 114 Å². The molecule has 0 spiro atoms. The van der Waals surface area contributed by atoms with Crippen LogP contribution in [-0.2, 0) is 4.79 Å². The SMILES string of the molecule is CN(CC1CC1)C(=O)C1CNNC1c1ccccc1. The first kappa shape index (κ1) is 12.6. The smallest absolute Gasteiger partial charge is 0.228 e. The van der Waals surface area contributed by atoms with E-state index in [1.807, 2.05) is 30.1 Å². The Hall–Kier alpha value is -1.39. The van der Waals surface area contributed by atoms with Crippen LogP contribution in [0.25, 0.3) is 0 Å². The van der Waals surface area contributed by atoms with Gasteiger partial charge >= 0.3 is 0 Å². The van der Waals surface area contributed by atoms with E-state index in [9.17, 15) is 4.79 Å². The molecule has 1 saturated carbocycles. The third kappa shape index (κ3) is 2.80. The fraction of sp³-hybridized carbons (Fsp3) is 0.533. The molecule has 2 fully saturated rings.